The summed E-state index contributed by atoms with van der Waals surface area (Å²) >= 11 is 5.61. The topological polar surface area (TPSA) is 84.3 Å². The molecule has 7 heteroatoms. The van der Waals surface area contributed by atoms with E-state index in [1.165, 1.54) is 0 Å². The summed E-state index contributed by atoms with van der Waals surface area (Å²) < 4.78 is 0. The molecule has 0 radical (unpaired) electrons. The van der Waals surface area contributed by atoms with Gasteiger partial charge in [-0.25, -0.2) is 4.98 Å². The van der Waals surface area contributed by atoms with E-state index >= 15 is 0 Å². The average molecular weight is 246 g/mol. The second kappa shape index (κ2) is 4.82. The van der Waals surface area contributed by atoms with E-state index in [-0.39, 0.29) is 27.4 Å². The van der Waals surface area contributed by atoms with Crippen LogP contribution in [0.1, 0.15) is 20.8 Å². The Balaban J connectivity index is 2.88. The van der Waals surface area contributed by atoms with Gasteiger partial charge in [0.05, 0.1) is 6.20 Å². The summed E-state index contributed by atoms with van der Waals surface area (Å²) in [7, 11) is 0. The first kappa shape index (κ1) is 13.0. The van der Waals surface area contributed by atoms with Crippen molar-refractivity contribution in [2.45, 2.75) is 20.8 Å². The van der Waals surface area contributed by atoms with Crippen molar-refractivity contribution in [1.82, 2.24) is 9.97 Å². The van der Waals surface area contributed by atoms with E-state index in [2.05, 4.69) is 15.3 Å². The molecular formula is C9H14ClN4O2-. The molecule has 0 amide bonds. The zero-order chi connectivity index (χ0) is 12.3. The van der Waals surface area contributed by atoms with E-state index in [1.54, 1.807) is 0 Å². The summed E-state index contributed by atoms with van der Waals surface area (Å²) in [6.07, 6.45) is 1.16. The first-order valence-corrected chi connectivity index (χ1v) is 5.10. The second-order valence-electron chi connectivity index (χ2n) is 4.56. The van der Waals surface area contributed by atoms with Crippen molar-refractivity contribution < 1.29 is 5.21 Å². The Bertz CT molecular complexity index is 365. The van der Waals surface area contributed by atoms with E-state index in [0.29, 0.717) is 6.54 Å². The van der Waals surface area contributed by atoms with E-state index < -0.39 is 0 Å². The molecule has 1 aromatic heterocycles. The molecule has 2 N–H and O–H groups in total. The molecule has 0 spiro atoms. The van der Waals surface area contributed by atoms with Gasteiger partial charge in [0.15, 0.2) is 5.82 Å². The smallest absolute Gasteiger partial charge is 0.224 e. The van der Waals surface area contributed by atoms with Crippen molar-refractivity contribution in [1.29, 1.82) is 0 Å². The number of aromatic nitrogens is 2. The van der Waals surface area contributed by atoms with Gasteiger partial charge in [-0.15, -0.1) is 0 Å². The fourth-order valence-corrected chi connectivity index (χ4v) is 1.11. The standard InChI is InChI=1S/C9H14ClN4O2/c1-9(2,3)5-12-7-6(14(15)16)4-11-8(10)13-7/h4,15H,5H2,1-3H3,(H,11,12,13)/q-1. The van der Waals surface area contributed by atoms with Crippen LogP contribution in [0.4, 0.5) is 11.5 Å². The van der Waals surface area contributed by atoms with Gasteiger partial charge in [-0.1, -0.05) is 20.8 Å². The molecule has 0 atom stereocenters. The molecule has 0 aromatic carbocycles. The fraction of sp³-hybridized carbons (Fsp3) is 0.556. The predicted octanol–water partition coefficient (Wildman–Crippen LogP) is 2.28. The third-order valence-corrected chi connectivity index (χ3v) is 1.91. The van der Waals surface area contributed by atoms with Crippen molar-refractivity contribution in [2.75, 3.05) is 17.1 Å². The van der Waals surface area contributed by atoms with Crippen molar-refractivity contribution in [2.24, 2.45) is 5.41 Å². The molecule has 0 aliphatic rings. The van der Waals surface area contributed by atoms with Gasteiger partial charge in [-0.3, -0.25) is 5.21 Å². The van der Waals surface area contributed by atoms with Crippen LogP contribution in [0.15, 0.2) is 6.20 Å². The number of hydrogen-bond acceptors (Lipinski definition) is 6. The largest absolute Gasteiger partial charge is 0.733 e. The Labute approximate surface area is 98.8 Å². The molecule has 16 heavy (non-hydrogen) atoms. The molecular weight excluding hydrogens is 232 g/mol. The zero-order valence-electron chi connectivity index (χ0n) is 9.36. The first-order chi connectivity index (χ1) is 7.29. The monoisotopic (exact) mass is 245 g/mol. The van der Waals surface area contributed by atoms with E-state index in [0.717, 1.165) is 6.20 Å². The molecule has 90 valence electrons. The number of halogens is 1. The molecule has 0 fully saturated rings. The van der Waals surface area contributed by atoms with E-state index in [4.69, 9.17) is 16.8 Å². The number of anilines is 2. The van der Waals surface area contributed by atoms with Crippen molar-refractivity contribution >= 4 is 23.1 Å². The molecule has 0 saturated heterocycles. The molecule has 1 heterocycles. The average Bonchev–Trinajstić information content (AvgIpc) is 2.13. The van der Waals surface area contributed by atoms with Crippen molar-refractivity contribution in [3.63, 3.8) is 0 Å². The van der Waals surface area contributed by atoms with Crippen LogP contribution in [0.25, 0.3) is 0 Å². The lowest BCUT2D eigenvalue weighted by Gasteiger charge is -2.25. The molecule has 0 saturated carbocycles. The molecule has 0 bridgehead atoms. The molecule has 0 unspecified atom stereocenters. The Morgan fingerprint density at radius 3 is 2.69 bits per heavy atom. The van der Waals surface area contributed by atoms with Crippen LogP contribution >= 0.6 is 11.6 Å². The predicted molar refractivity (Wildman–Crippen MR) is 62.6 cm³/mol. The van der Waals surface area contributed by atoms with Gasteiger partial charge in [0.25, 0.3) is 0 Å². The minimum absolute atomic E-state index is 0.0118. The van der Waals surface area contributed by atoms with Gasteiger partial charge in [-0.2, -0.15) is 4.98 Å². The zero-order valence-corrected chi connectivity index (χ0v) is 10.1. The lowest BCUT2D eigenvalue weighted by Crippen LogP contribution is -2.21. The third kappa shape index (κ3) is 3.80. The second-order valence-corrected chi connectivity index (χ2v) is 4.90. The van der Waals surface area contributed by atoms with Gasteiger partial charge < -0.3 is 15.8 Å². The number of rotatable bonds is 3. The van der Waals surface area contributed by atoms with Gasteiger partial charge in [0, 0.05) is 6.54 Å². The lowest BCUT2D eigenvalue weighted by molar-refractivity contribution is 0.296. The van der Waals surface area contributed by atoms with Crippen LogP contribution in [-0.2, 0) is 0 Å². The quantitative estimate of drug-likeness (QED) is 0.628. The van der Waals surface area contributed by atoms with Crippen LogP contribution in [-0.4, -0.2) is 21.7 Å². The Morgan fingerprint density at radius 2 is 2.19 bits per heavy atom. The minimum Gasteiger partial charge on any atom is -0.733 e. The van der Waals surface area contributed by atoms with E-state index in [9.17, 15) is 5.21 Å². The maximum absolute atomic E-state index is 10.8. The fourth-order valence-electron chi connectivity index (χ4n) is 0.973. The van der Waals surface area contributed by atoms with Gasteiger partial charge >= 0.3 is 0 Å². The Morgan fingerprint density at radius 1 is 1.56 bits per heavy atom. The summed E-state index contributed by atoms with van der Waals surface area (Å²) in [5.41, 5.74) is -0.0497. The normalized spacial score (nSPS) is 11.4. The molecule has 0 aliphatic heterocycles. The molecule has 1 rings (SSSR count). The molecule has 6 nitrogen and oxygen atoms in total. The summed E-state index contributed by atoms with van der Waals surface area (Å²) in [6.45, 7) is 6.66. The number of nitrogens with zero attached hydrogens (tertiary/aromatic N) is 3. The van der Waals surface area contributed by atoms with Gasteiger partial charge in [0.2, 0.25) is 5.28 Å². The molecule has 0 aliphatic carbocycles. The highest BCUT2D eigenvalue weighted by Crippen LogP contribution is 2.24. The Hall–Kier alpha value is -1.11. The van der Waals surface area contributed by atoms with Crippen molar-refractivity contribution in [3.8, 4) is 0 Å². The van der Waals surface area contributed by atoms with Crippen LogP contribution in [0.2, 0.25) is 5.28 Å². The number of nitrogens with one attached hydrogen (secondary N) is 1. The minimum atomic E-state index is -0.290. The van der Waals surface area contributed by atoms with Crippen LogP contribution in [0.3, 0.4) is 0 Å². The van der Waals surface area contributed by atoms with Crippen LogP contribution in [0.5, 0.6) is 0 Å². The maximum Gasteiger partial charge on any atom is 0.224 e. The maximum atomic E-state index is 10.8. The van der Waals surface area contributed by atoms with Crippen LogP contribution < -0.4 is 10.5 Å². The third-order valence-electron chi connectivity index (χ3n) is 1.73. The van der Waals surface area contributed by atoms with Crippen LogP contribution in [0, 0.1) is 10.6 Å². The highest BCUT2D eigenvalue weighted by atomic mass is 35.5. The number of hydrogen-bond donors (Lipinski definition) is 2. The summed E-state index contributed by atoms with van der Waals surface area (Å²) in [6, 6.07) is 0. The van der Waals surface area contributed by atoms with Gasteiger partial charge in [0.1, 0.15) is 5.69 Å². The lowest BCUT2D eigenvalue weighted by atomic mass is 9.97. The Kier molecular flexibility index (Phi) is 3.90. The summed E-state index contributed by atoms with van der Waals surface area (Å²) in [5, 5.41) is 22.3. The van der Waals surface area contributed by atoms with Gasteiger partial charge in [-0.05, 0) is 17.0 Å². The summed E-state index contributed by atoms with van der Waals surface area (Å²) in [5.74, 6) is 0.215. The molecule has 1 aromatic rings. The summed E-state index contributed by atoms with van der Waals surface area (Å²) in [4.78, 5) is 7.46. The van der Waals surface area contributed by atoms with E-state index in [1.807, 2.05) is 20.8 Å². The van der Waals surface area contributed by atoms with Crippen molar-refractivity contribution in [3.05, 3.63) is 16.7 Å². The highest BCUT2D eigenvalue weighted by molar-refractivity contribution is 6.28. The first-order valence-electron chi connectivity index (χ1n) is 4.72. The SMILES string of the molecule is CC(C)(C)CNc1nc(Cl)ncc1N([O-])O. The highest BCUT2D eigenvalue weighted by Gasteiger charge is 2.13.